The Kier molecular flexibility index (Phi) is 6.10. The quantitative estimate of drug-likeness (QED) is 0.732. The second kappa shape index (κ2) is 8.70. The number of carbonyl (C=O) groups excluding carboxylic acids is 1. The average molecular weight is 337 g/mol. The van der Waals surface area contributed by atoms with Crippen molar-refractivity contribution >= 4 is 5.91 Å². The van der Waals surface area contributed by atoms with Gasteiger partial charge in [-0.1, -0.05) is 43.2 Å². The maximum absolute atomic E-state index is 13.1. The molecule has 3 rings (SSSR count). The lowest BCUT2D eigenvalue weighted by Gasteiger charge is -2.29. The van der Waals surface area contributed by atoms with E-state index in [1.54, 1.807) is 0 Å². The Bertz CT molecular complexity index is 660. The van der Waals surface area contributed by atoms with E-state index in [9.17, 15) is 4.79 Å². The van der Waals surface area contributed by atoms with Crippen LogP contribution < -0.4 is 4.74 Å². The van der Waals surface area contributed by atoms with Gasteiger partial charge < -0.3 is 9.64 Å². The van der Waals surface area contributed by atoms with E-state index in [2.05, 4.69) is 29.2 Å². The van der Waals surface area contributed by atoms with Crippen LogP contribution in [0, 0.1) is 0 Å². The van der Waals surface area contributed by atoms with E-state index in [-0.39, 0.29) is 5.91 Å². The molecule has 0 heterocycles. The molecule has 25 heavy (non-hydrogen) atoms. The number of hydrogen-bond donors (Lipinski definition) is 0. The Hall–Kier alpha value is -2.29. The van der Waals surface area contributed by atoms with Gasteiger partial charge in [0.15, 0.2) is 0 Å². The van der Waals surface area contributed by atoms with Crippen molar-refractivity contribution < 1.29 is 9.53 Å². The highest BCUT2D eigenvalue weighted by molar-refractivity contribution is 5.94. The van der Waals surface area contributed by atoms with Crippen molar-refractivity contribution in [1.82, 2.24) is 4.90 Å². The van der Waals surface area contributed by atoms with Gasteiger partial charge >= 0.3 is 0 Å². The third-order valence-corrected chi connectivity index (χ3v) is 4.92. The predicted octanol–water partition coefficient (Wildman–Crippen LogP) is 4.71. The van der Waals surface area contributed by atoms with Crippen LogP contribution >= 0.6 is 0 Å². The summed E-state index contributed by atoms with van der Waals surface area (Å²) in [6.07, 6.45) is 5.60. The van der Waals surface area contributed by atoms with E-state index < -0.39 is 0 Å². The number of carbonyl (C=O) groups is 1. The Morgan fingerprint density at radius 3 is 2.36 bits per heavy atom. The summed E-state index contributed by atoms with van der Waals surface area (Å²) in [6.45, 7) is 3.38. The first-order valence-electron chi connectivity index (χ1n) is 9.35. The lowest BCUT2D eigenvalue weighted by atomic mass is 10.1. The molecule has 1 aliphatic carbocycles. The minimum Gasteiger partial charge on any atom is -0.494 e. The smallest absolute Gasteiger partial charge is 0.254 e. The Balaban J connectivity index is 1.72. The van der Waals surface area contributed by atoms with E-state index >= 15 is 0 Å². The first-order chi connectivity index (χ1) is 12.3. The Labute approximate surface area is 150 Å². The number of hydrogen-bond acceptors (Lipinski definition) is 2. The zero-order valence-electron chi connectivity index (χ0n) is 15.0. The third kappa shape index (κ3) is 4.62. The van der Waals surface area contributed by atoms with Crippen molar-refractivity contribution in [3.05, 3.63) is 65.7 Å². The largest absolute Gasteiger partial charge is 0.494 e. The molecule has 0 N–H and O–H groups in total. The van der Waals surface area contributed by atoms with Crippen LogP contribution in [0.15, 0.2) is 54.6 Å². The minimum absolute atomic E-state index is 0.144. The van der Waals surface area contributed by atoms with Gasteiger partial charge in [0.25, 0.3) is 5.91 Å². The van der Waals surface area contributed by atoms with Crippen LogP contribution in [0.25, 0.3) is 0 Å². The van der Waals surface area contributed by atoms with Crippen molar-refractivity contribution in [3.8, 4) is 5.75 Å². The number of rotatable bonds is 7. The molecule has 0 bridgehead atoms. The summed E-state index contributed by atoms with van der Waals surface area (Å²) >= 11 is 0. The first kappa shape index (κ1) is 17.5. The molecule has 3 nitrogen and oxygen atoms in total. The monoisotopic (exact) mass is 337 g/mol. The summed E-state index contributed by atoms with van der Waals surface area (Å²) in [7, 11) is 0. The highest BCUT2D eigenvalue weighted by Gasteiger charge is 2.27. The van der Waals surface area contributed by atoms with Crippen LogP contribution in [0.1, 0.15) is 48.5 Å². The molecule has 132 valence electrons. The van der Waals surface area contributed by atoms with E-state index in [1.807, 2.05) is 37.3 Å². The van der Waals surface area contributed by atoms with Crippen LogP contribution in [0.5, 0.6) is 5.75 Å². The minimum atomic E-state index is 0.144. The highest BCUT2D eigenvalue weighted by Crippen LogP contribution is 2.26. The zero-order valence-corrected chi connectivity index (χ0v) is 15.0. The van der Waals surface area contributed by atoms with Gasteiger partial charge in [-0.2, -0.15) is 0 Å². The summed E-state index contributed by atoms with van der Waals surface area (Å²) in [5.41, 5.74) is 2.04. The fourth-order valence-electron chi connectivity index (χ4n) is 3.59. The molecule has 0 spiro atoms. The van der Waals surface area contributed by atoms with Crippen LogP contribution in [0.2, 0.25) is 0 Å². The molecule has 0 aromatic heterocycles. The van der Waals surface area contributed by atoms with Gasteiger partial charge in [-0.15, -0.1) is 0 Å². The lowest BCUT2D eigenvalue weighted by Crippen LogP contribution is -2.40. The van der Waals surface area contributed by atoms with Crippen molar-refractivity contribution in [1.29, 1.82) is 0 Å². The molecular weight excluding hydrogens is 310 g/mol. The second-order valence-electron chi connectivity index (χ2n) is 6.63. The van der Waals surface area contributed by atoms with Crippen LogP contribution in [0.3, 0.4) is 0 Å². The van der Waals surface area contributed by atoms with E-state index in [0.29, 0.717) is 12.6 Å². The summed E-state index contributed by atoms with van der Waals surface area (Å²) in [5, 5.41) is 0. The molecule has 1 saturated carbocycles. The SMILES string of the molecule is CCOc1ccc(C(=O)N(CCc2ccccc2)C2CCCC2)cc1. The van der Waals surface area contributed by atoms with Gasteiger partial charge in [0.1, 0.15) is 5.75 Å². The van der Waals surface area contributed by atoms with Crippen molar-refractivity contribution in [2.24, 2.45) is 0 Å². The van der Waals surface area contributed by atoms with E-state index in [4.69, 9.17) is 4.74 Å². The summed E-state index contributed by atoms with van der Waals surface area (Å²) in [5.74, 6) is 0.960. The van der Waals surface area contributed by atoms with Gasteiger partial charge in [0.05, 0.1) is 6.61 Å². The summed E-state index contributed by atoms with van der Waals surface area (Å²) in [4.78, 5) is 15.2. The third-order valence-electron chi connectivity index (χ3n) is 4.92. The lowest BCUT2D eigenvalue weighted by molar-refractivity contribution is 0.0684. The molecule has 1 fully saturated rings. The first-order valence-corrected chi connectivity index (χ1v) is 9.35. The summed E-state index contributed by atoms with van der Waals surface area (Å²) in [6, 6.07) is 18.3. The van der Waals surface area contributed by atoms with Crippen molar-refractivity contribution in [2.75, 3.05) is 13.2 Å². The zero-order chi connectivity index (χ0) is 17.5. The number of ether oxygens (including phenoxy) is 1. The van der Waals surface area contributed by atoms with Gasteiger partial charge in [-0.3, -0.25) is 4.79 Å². The second-order valence-corrected chi connectivity index (χ2v) is 6.63. The van der Waals surface area contributed by atoms with Crippen molar-refractivity contribution in [2.45, 2.75) is 45.1 Å². The van der Waals surface area contributed by atoms with Gasteiger partial charge in [0.2, 0.25) is 0 Å². The maximum atomic E-state index is 13.1. The number of nitrogens with zero attached hydrogens (tertiary/aromatic N) is 1. The molecular formula is C22H27NO2. The van der Waals surface area contributed by atoms with E-state index in [0.717, 1.165) is 37.1 Å². The van der Waals surface area contributed by atoms with Gasteiger partial charge in [-0.25, -0.2) is 0 Å². The molecule has 0 radical (unpaired) electrons. The predicted molar refractivity (Wildman–Crippen MR) is 101 cm³/mol. The fraction of sp³-hybridized carbons (Fsp3) is 0.409. The number of amides is 1. The molecule has 0 aliphatic heterocycles. The molecule has 0 saturated heterocycles. The molecule has 3 heteroatoms. The van der Waals surface area contributed by atoms with E-state index in [1.165, 1.54) is 18.4 Å². The fourth-order valence-corrected chi connectivity index (χ4v) is 3.59. The molecule has 2 aromatic rings. The normalized spacial score (nSPS) is 14.4. The van der Waals surface area contributed by atoms with Crippen molar-refractivity contribution in [3.63, 3.8) is 0 Å². The van der Waals surface area contributed by atoms with Crippen LogP contribution in [-0.4, -0.2) is 30.0 Å². The Morgan fingerprint density at radius 1 is 1.04 bits per heavy atom. The number of benzene rings is 2. The Morgan fingerprint density at radius 2 is 1.72 bits per heavy atom. The van der Waals surface area contributed by atoms with Crippen LogP contribution in [0.4, 0.5) is 0 Å². The maximum Gasteiger partial charge on any atom is 0.254 e. The molecule has 2 aromatic carbocycles. The van der Waals surface area contributed by atoms with Crippen LogP contribution in [-0.2, 0) is 6.42 Å². The van der Waals surface area contributed by atoms with Gasteiger partial charge in [0, 0.05) is 18.2 Å². The average Bonchev–Trinajstić information content (AvgIpc) is 3.18. The highest BCUT2D eigenvalue weighted by atomic mass is 16.5. The van der Waals surface area contributed by atoms with Gasteiger partial charge in [-0.05, 0) is 56.0 Å². The molecule has 0 atom stereocenters. The molecule has 0 unspecified atom stereocenters. The molecule has 1 amide bonds. The summed E-state index contributed by atoms with van der Waals surface area (Å²) < 4.78 is 5.48. The topological polar surface area (TPSA) is 29.5 Å². The molecule has 1 aliphatic rings. The standard InChI is InChI=1S/C22H27NO2/c1-2-25-21-14-12-19(13-15-21)22(24)23(20-10-6-7-11-20)17-16-18-8-4-3-5-9-18/h3-5,8-9,12-15,20H,2,6-7,10-11,16-17H2,1H3.